The normalized spacial score (nSPS) is 11.8. The van der Waals surface area contributed by atoms with Crippen LogP contribution in [0.2, 0.25) is 5.02 Å². The van der Waals surface area contributed by atoms with Crippen molar-refractivity contribution < 1.29 is 13.0 Å². The molecule has 0 radical (unpaired) electrons. The molecular weight excluding hydrogens is 368 g/mol. The summed E-state index contributed by atoms with van der Waals surface area (Å²) in [4.78, 5) is -0.215. The van der Waals surface area contributed by atoms with Crippen molar-refractivity contribution in [3.8, 4) is 0 Å². The topological polar surface area (TPSA) is 54.4 Å². The van der Waals surface area contributed by atoms with E-state index < -0.39 is 10.1 Å². The lowest BCUT2D eigenvalue weighted by atomic mass is 10.0. The SMILES string of the molecule is CCCCCCCCCCCCCCCc1ccc(S(=O)(=O)O)c(Cl)c1. The van der Waals surface area contributed by atoms with Gasteiger partial charge in [-0.05, 0) is 30.5 Å². The van der Waals surface area contributed by atoms with Crippen LogP contribution in [0.3, 0.4) is 0 Å². The Kier molecular flexibility index (Phi) is 12.2. The molecule has 1 N–H and O–H groups in total. The van der Waals surface area contributed by atoms with Crippen molar-refractivity contribution >= 4 is 21.7 Å². The number of hydrogen-bond acceptors (Lipinski definition) is 2. The van der Waals surface area contributed by atoms with Crippen molar-refractivity contribution in [2.45, 2.75) is 102 Å². The molecule has 1 rings (SSSR count). The molecular formula is C21H35ClO3S. The van der Waals surface area contributed by atoms with Gasteiger partial charge in [0, 0.05) is 0 Å². The summed E-state index contributed by atoms with van der Waals surface area (Å²) >= 11 is 5.93. The van der Waals surface area contributed by atoms with E-state index >= 15 is 0 Å². The molecule has 0 saturated carbocycles. The summed E-state index contributed by atoms with van der Waals surface area (Å²) in [5.74, 6) is 0. The van der Waals surface area contributed by atoms with Crippen molar-refractivity contribution in [2.24, 2.45) is 0 Å². The van der Waals surface area contributed by atoms with Gasteiger partial charge in [0.25, 0.3) is 10.1 Å². The van der Waals surface area contributed by atoms with Gasteiger partial charge in [-0.2, -0.15) is 8.42 Å². The van der Waals surface area contributed by atoms with Crippen molar-refractivity contribution in [3.63, 3.8) is 0 Å². The Balaban J connectivity index is 2.02. The van der Waals surface area contributed by atoms with E-state index in [-0.39, 0.29) is 9.92 Å². The Morgan fingerprint density at radius 2 is 1.27 bits per heavy atom. The fourth-order valence-electron chi connectivity index (χ4n) is 3.26. The minimum atomic E-state index is -4.23. The highest BCUT2D eigenvalue weighted by Gasteiger charge is 2.14. The van der Waals surface area contributed by atoms with Gasteiger partial charge in [-0.25, -0.2) is 0 Å². The lowest BCUT2D eigenvalue weighted by Crippen LogP contribution is -1.99. The molecule has 0 aromatic heterocycles. The molecule has 0 bridgehead atoms. The van der Waals surface area contributed by atoms with Crippen LogP contribution < -0.4 is 0 Å². The smallest absolute Gasteiger partial charge is 0.282 e. The molecule has 3 nitrogen and oxygen atoms in total. The molecule has 0 atom stereocenters. The molecule has 1 aromatic carbocycles. The Bertz CT molecular complexity index is 599. The minimum absolute atomic E-state index is 0.0969. The predicted molar refractivity (Wildman–Crippen MR) is 111 cm³/mol. The zero-order valence-corrected chi connectivity index (χ0v) is 17.8. The Morgan fingerprint density at radius 3 is 1.69 bits per heavy atom. The van der Waals surface area contributed by atoms with Gasteiger partial charge in [0.2, 0.25) is 0 Å². The summed E-state index contributed by atoms with van der Waals surface area (Å²) in [7, 11) is -4.23. The van der Waals surface area contributed by atoms with Crippen LogP contribution in [-0.2, 0) is 16.5 Å². The first-order valence-electron chi connectivity index (χ1n) is 10.2. The monoisotopic (exact) mass is 402 g/mol. The van der Waals surface area contributed by atoms with Crippen LogP contribution in [-0.4, -0.2) is 13.0 Å². The summed E-state index contributed by atoms with van der Waals surface area (Å²) in [6.07, 6.45) is 18.1. The maximum absolute atomic E-state index is 11.1. The largest absolute Gasteiger partial charge is 0.296 e. The van der Waals surface area contributed by atoms with Gasteiger partial charge >= 0.3 is 0 Å². The standard InChI is InChI=1S/C21H35ClO3S/c1-2-3-4-5-6-7-8-9-10-11-12-13-14-15-19-16-17-21(20(22)18-19)26(23,24)25/h16-18H,2-15H2,1H3,(H,23,24,25). The molecule has 0 fully saturated rings. The third-order valence-corrected chi connectivity index (χ3v) is 6.18. The van der Waals surface area contributed by atoms with E-state index in [2.05, 4.69) is 6.92 Å². The van der Waals surface area contributed by atoms with Crippen molar-refractivity contribution in [2.75, 3.05) is 0 Å². The Labute approximate surface area is 165 Å². The molecule has 26 heavy (non-hydrogen) atoms. The van der Waals surface area contributed by atoms with E-state index in [1.165, 1.54) is 83.1 Å². The maximum Gasteiger partial charge on any atom is 0.296 e. The van der Waals surface area contributed by atoms with Gasteiger partial charge in [0.05, 0.1) is 5.02 Å². The molecule has 150 valence electrons. The van der Waals surface area contributed by atoms with Crippen LogP contribution in [0.5, 0.6) is 0 Å². The number of aryl methyl sites for hydroxylation is 1. The molecule has 1 aromatic rings. The number of hydrogen-bond donors (Lipinski definition) is 1. The number of benzene rings is 1. The van der Waals surface area contributed by atoms with Crippen LogP contribution in [0.1, 0.15) is 96.0 Å². The van der Waals surface area contributed by atoms with Crippen molar-refractivity contribution in [1.29, 1.82) is 0 Å². The summed E-state index contributed by atoms with van der Waals surface area (Å²) in [5.41, 5.74) is 1.02. The quantitative estimate of drug-likeness (QED) is 0.249. The average Bonchev–Trinajstić information content (AvgIpc) is 2.58. The van der Waals surface area contributed by atoms with E-state index in [1.807, 2.05) is 0 Å². The minimum Gasteiger partial charge on any atom is -0.282 e. The Morgan fingerprint density at radius 1 is 0.808 bits per heavy atom. The van der Waals surface area contributed by atoms with Gasteiger partial charge in [0.15, 0.2) is 0 Å². The van der Waals surface area contributed by atoms with Crippen LogP contribution in [0.25, 0.3) is 0 Å². The summed E-state index contributed by atoms with van der Waals surface area (Å²) in [6.45, 7) is 2.26. The fourth-order valence-corrected chi connectivity index (χ4v) is 4.30. The van der Waals surface area contributed by atoms with Gasteiger partial charge in [0.1, 0.15) is 4.90 Å². The lowest BCUT2D eigenvalue weighted by Gasteiger charge is -2.06. The molecule has 0 saturated heterocycles. The van der Waals surface area contributed by atoms with E-state index in [0.29, 0.717) is 0 Å². The Hall–Kier alpha value is -0.580. The first-order chi connectivity index (χ1) is 12.4. The summed E-state index contributed by atoms with van der Waals surface area (Å²) in [6, 6.07) is 4.76. The van der Waals surface area contributed by atoms with Crippen molar-refractivity contribution in [3.05, 3.63) is 28.8 Å². The van der Waals surface area contributed by atoms with E-state index in [1.54, 1.807) is 12.1 Å². The molecule has 0 unspecified atom stereocenters. The third-order valence-electron chi connectivity index (χ3n) is 4.84. The van der Waals surface area contributed by atoms with E-state index in [9.17, 15) is 8.42 Å². The molecule has 0 amide bonds. The number of rotatable bonds is 15. The molecule has 0 aliphatic rings. The molecule has 0 aliphatic heterocycles. The number of halogens is 1. The third kappa shape index (κ3) is 10.5. The molecule has 0 heterocycles. The van der Waals surface area contributed by atoms with E-state index in [0.717, 1.165) is 18.4 Å². The van der Waals surface area contributed by atoms with Gasteiger partial charge in [-0.15, -0.1) is 0 Å². The van der Waals surface area contributed by atoms with Gasteiger partial charge in [-0.3, -0.25) is 4.55 Å². The molecule has 0 aliphatic carbocycles. The van der Waals surface area contributed by atoms with Crippen LogP contribution in [0.4, 0.5) is 0 Å². The summed E-state index contributed by atoms with van der Waals surface area (Å²) in [5, 5.41) is 0.0969. The fraction of sp³-hybridized carbons (Fsp3) is 0.714. The van der Waals surface area contributed by atoms with Gasteiger partial charge in [-0.1, -0.05) is 102 Å². The second-order valence-corrected chi connectivity index (χ2v) is 9.03. The van der Waals surface area contributed by atoms with Crippen LogP contribution in [0, 0.1) is 0 Å². The highest BCUT2D eigenvalue weighted by molar-refractivity contribution is 7.86. The van der Waals surface area contributed by atoms with Crippen LogP contribution >= 0.6 is 11.6 Å². The van der Waals surface area contributed by atoms with Crippen LogP contribution in [0.15, 0.2) is 23.1 Å². The highest BCUT2D eigenvalue weighted by Crippen LogP contribution is 2.23. The first kappa shape index (κ1) is 23.5. The average molecular weight is 403 g/mol. The van der Waals surface area contributed by atoms with E-state index in [4.69, 9.17) is 16.2 Å². The molecule has 5 heteroatoms. The van der Waals surface area contributed by atoms with Gasteiger partial charge < -0.3 is 0 Å². The summed E-state index contributed by atoms with van der Waals surface area (Å²) < 4.78 is 31.3. The predicted octanol–water partition coefficient (Wildman–Crippen LogP) is 7.22. The second-order valence-electron chi connectivity index (χ2n) is 7.23. The zero-order valence-electron chi connectivity index (χ0n) is 16.2. The molecule has 0 spiro atoms. The first-order valence-corrected chi connectivity index (χ1v) is 12.0. The van der Waals surface area contributed by atoms with Crippen molar-refractivity contribution in [1.82, 2.24) is 0 Å². The highest BCUT2D eigenvalue weighted by atomic mass is 35.5. The maximum atomic E-state index is 11.1. The second kappa shape index (κ2) is 13.6. The zero-order chi connectivity index (χ0) is 19.3. The number of unbranched alkanes of at least 4 members (excludes halogenated alkanes) is 12. The lowest BCUT2D eigenvalue weighted by molar-refractivity contribution is 0.483.